The fourth-order valence-corrected chi connectivity index (χ4v) is 1.82. The van der Waals surface area contributed by atoms with Gasteiger partial charge in [-0.15, -0.1) is 0 Å². The molecule has 0 atom stereocenters. The standard InChI is InChI=1S/C11H19N3/c1-3-5-9-8-10(11(12)6-7-11)13-14(9)4-2/h8H,3-7,12H2,1-2H3. The van der Waals surface area contributed by atoms with Crippen molar-refractivity contribution in [2.45, 2.75) is 51.6 Å². The van der Waals surface area contributed by atoms with Gasteiger partial charge in [0.25, 0.3) is 0 Å². The minimum atomic E-state index is -0.0804. The second-order valence-corrected chi connectivity index (χ2v) is 4.24. The number of nitrogens with two attached hydrogens (primary N) is 1. The van der Waals surface area contributed by atoms with Crippen LogP contribution in [0.4, 0.5) is 0 Å². The molecule has 1 aromatic heterocycles. The van der Waals surface area contributed by atoms with Crippen LogP contribution in [0.2, 0.25) is 0 Å². The Hall–Kier alpha value is -0.830. The van der Waals surface area contributed by atoms with Gasteiger partial charge in [-0.05, 0) is 32.3 Å². The third-order valence-electron chi connectivity index (χ3n) is 2.97. The molecule has 1 heterocycles. The maximum absolute atomic E-state index is 6.13. The van der Waals surface area contributed by atoms with Crippen molar-refractivity contribution in [3.05, 3.63) is 17.5 Å². The Morgan fingerprint density at radius 3 is 2.71 bits per heavy atom. The van der Waals surface area contributed by atoms with E-state index in [1.807, 2.05) is 0 Å². The molecule has 78 valence electrons. The van der Waals surface area contributed by atoms with Gasteiger partial charge < -0.3 is 5.73 Å². The van der Waals surface area contributed by atoms with Gasteiger partial charge in [0.15, 0.2) is 0 Å². The van der Waals surface area contributed by atoms with Gasteiger partial charge in [-0.1, -0.05) is 13.3 Å². The molecular formula is C11H19N3. The zero-order valence-corrected chi connectivity index (χ0v) is 9.08. The summed E-state index contributed by atoms with van der Waals surface area (Å²) in [5, 5.41) is 4.57. The molecule has 2 N–H and O–H groups in total. The van der Waals surface area contributed by atoms with E-state index >= 15 is 0 Å². The van der Waals surface area contributed by atoms with Crippen LogP contribution in [0.3, 0.4) is 0 Å². The van der Waals surface area contributed by atoms with Crippen LogP contribution in [0.5, 0.6) is 0 Å². The second-order valence-electron chi connectivity index (χ2n) is 4.24. The van der Waals surface area contributed by atoms with Crippen molar-refractivity contribution in [3.63, 3.8) is 0 Å². The smallest absolute Gasteiger partial charge is 0.0826 e. The molecule has 3 nitrogen and oxygen atoms in total. The summed E-state index contributed by atoms with van der Waals surface area (Å²) in [5.74, 6) is 0. The van der Waals surface area contributed by atoms with Crippen LogP contribution in [0.25, 0.3) is 0 Å². The number of hydrogen-bond acceptors (Lipinski definition) is 2. The van der Waals surface area contributed by atoms with E-state index in [2.05, 4.69) is 29.7 Å². The van der Waals surface area contributed by atoms with E-state index in [-0.39, 0.29) is 5.54 Å². The van der Waals surface area contributed by atoms with E-state index in [4.69, 9.17) is 5.73 Å². The third kappa shape index (κ3) is 1.57. The number of nitrogens with zero attached hydrogens (tertiary/aromatic N) is 2. The van der Waals surface area contributed by atoms with Crippen molar-refractivity contribution in [1.29, 1.82) is 0 Å². The molecule has 2 rings (SSSR count). The van der Waals surface area contributed by atoms with Crippen molar-refractivity contribution >= 4 is 0 Å². The van der Waals surface area contributed by atoms with E-state index in [1.54, 1.807) is 0 Å². The zero-order valence-electron chi connectivity index (χ0n) is 9.08. The largest absolute Gasteiger partial charge is 0.320 e. The van der Waals surface area contributed by atoms with E-state index in [0.29, 0.717) is 0 Å². The molecule has 0 aromatic carbocycles. The van der Waals surface area contributed by atoms with Crippen molar-refractivity contribution < 1.29 is 0 Å². The lowest BCUT2D eigenvalue weighted by Gasteiger charge is -2.02. The number of hydrogen-bond donors (Lipinski definition) is 1. The topological polar surface area (TPSA) is 43.8 Å². The van der Waals surface area contributed by atoms with Crippen LogP contribution in [0, 0.1) is 0 Å². The Labute approximate surface area is 85.3 Å². The Balaban J connectivity index is 2.26. The molecule has 1 saturated carbocycles. The first-order valence-electron chi connectivity index (χ1n) is 5.55. The summed E-state index contributed by atoms with van der Waals surface area (Å²) >= 11 is 0. The summed E-state index contributed by atoms with van der Waals surface area (Å²) < 4.78 is 2.09. The number of rotatable bonds is 4. The molecule has 1 aliphatic carbocycles. The SMILES string of the molecule is CCCc1cc(C2(N)CC2)nn1CC. The van der Waals surface area contributed by atoms with Gasteiger partial charge in [0.05, 0.1) is 11.2 Å². The monoisotopic (exact) mass is 193 g/mol. The van der Waals surface area contributed by atoms with Gasteiger partial charge >= 0.3 is 0 Å². The van der Waals surface area contributed by atoms with Crippen LogP contribution in [-0.4, -0.2) is 9.78 Å². The highest BCUT2D eigenvalue weighted by Gasteiger charge is 2.42. The molecule has 0 aliphatic heterocycles. The molecule has 0 radical (unpaired) electrons. The minimum Gasteiger partial charge on any atom is -0.320 e. The van der Waals surface area contributed by atoms with Crippen LogP contribution < -0.4 is 5.73 Å². The summed E-state index contributed by atoms with van der Waals surface area (Å²) in [5.41, 5.74) is 8.48. The Kier molecular flexibility index (Phi) is 2.35. The summed E-state index contributed by atoms with van der Waals surface area (Å²) in [6, 6.07) is 2.19. The molecule has 0 unspecified atom stereocenters. The molecule has 1 aliphatic rings. The molecule has 1 aromatic rings. The lowest BCUT2D eigenvalue weighted by molar-refractivity contribution is 0.588. The fraction of sp³-hybridized carbons (Fsp3) is 0.727. The molecule has 0 saturated heterocycles. The van der Waals surface area contributed by atoms with Crippen molar-refractivity contribution in [2.24, 2.45) is 5.73 Å². The summed E-state index contributed by atoms with van der Waals surface area (Å²) in [6.45, 7) is 5.28. The van der Waals surface area contributed by atoms with Crippen molar-refractivity contribution in [2.75, 3.05) is 0 Å². The van der Waals surface area contributed by atoms with Crippen LogP contribution in [-0.2, 0) is 18.5 Å². The van der Waals surface area contributed by atoms with Gasteiger partial charge in [-0.25, -0.2) is 0 Å². The quantitative estimate of drug-likeness (QED) is 0.792. The van der Waals surface area contributed by atoms with E-state index in [9.17, 15) is 0 Å². The van der Waals surface area contributed by atoms with Gasteiger partial charge in [-0.3, -0.25) is 4.68 Å². The summed E-state index contributed by atoms with van der Waals surface area (Å²) in [4.78, 5) is 0. The van der Waals surface area contributed by atoms with Gasteiger partial charge in [0.2, 0.25) is 0 Å². The predicted molar refractivity (Wildman–Crippen MR) is 57.0 cm³/mol. The van der Waals surface area contributed by atoms with E-state index in [0.717, 1.165) is 31.5 Å². The average molecular weight is 193 g/mol. The number of aromatic nitrogens is 2. The molecule has 3 heteroatoms. The lowest BCUT2D eigenvalue weighted by atomic mass is 10.1. The Bertz CT molecular complexity index is 323. The molecule has 0 amide bonds. The predicted octanol–water partition coefficient (Wildman–Crippen LogP) is 1.80. The fourth-order valence-electron chi connectivity index (χ4n) is 1.82. The van der Waals surface area contributed by atoms with Crippen LogP contribution in [0.1, 0.15) is 44.5 Å². The highest BCUT2D eigenvalue weighted by atomic mass is 15.3. The summed E-state index contributed by atoms with van der Waals surface area (Å²) in [7, 11) is 0. The second kappa shape index (κ2) is 3.39. The number of aryl methyl sites for hydroxylation is 2. The molecular weight excluding hydrogens is 174 g/mol. The first-order valence-corrected chi connectivity index (χ1v) is 5.55. The van der Waals surface area contributed by atoms with Crippen LogP contribution in [0.15, 0.2) is 6.07 Å². The Morgan fingerprint density at radius 1 is 1.50 bits per heavy atom. The first-order chi connectivity index (χ1) is 6.69. The molecule has 1 fully saturated rings. The average Bonchev–Trinajstić information content (AvgIpc) is 2.79. The normalized spacial score (nSPS) is 18.5. The maximum Gasteiger partial charge on any atom is 0.0826 e. The van der Waals surface area contributed by atoms with Crippen molar-refractivity contribution in [1.82, 2.24) is 9.78 Å². The molecule has 0 spiro atoms. The Morgan fingerprint density at radius 2 is 2.21 bits per heavy atom. The molecule has 0 bridgehead atoms. The zero-order chi connectivity index (χ0) is 10.2. The first kappa shape index (κ1) is 9.71. The maximum atomic E-state index is 6.13. The van der Waals surface area contributed by atoms with Crippen molar-refractivity contribution in [3.8, 4) is 0 Å². The highest BCUT2D eigenvalue weighted by Crippen LogP contribution is 2.42. The minimum absolute atomic E-state index is 0.0804. The third-order valence-corrected chi connectivity index (χ3v) is 2.97. The summed E-state index contributed by atoms with van der Waals surface area (Å²) in [6.07, 6.45) is 4.47. The van der Waals surface area contributed by atoms with Crippen LogP contribution >= 0.6 is 0 Å². The van der Waals surface area contributed by atoms with E-state index in [1.165, 1.54) is 12.1 Å². The van der Waals surface area contributed by atoms with Gasteiger partial charge in [0, 0.05) is 12.2 Å². The van der Waals surface area contributed by atoms with E-state index < -0.39 is 0 Å². The molecule has 14 heavy (non-hydrogen) atoms. The van der Waals surface area contributed by atoms with Gasteiger partial charge in [-0.2, -0.15) is 5.10 Å². The highest BCUT2D eigenvalue weighted by molar-refractivity contribution is 5.24. The lowest BCUT2D eigenvalue weighted by Crippen LogP contribution is -2.19. The van der Waals surface area contributed by atoms with Gasteiger partial charge in [0.1, 0.15) is 0 Å².